The van der Waals surface area contributed by atoms with E-state index >= 15 is 0 Å². The van der Waals surface area contributed by atoms with Gasteiger partial charge in [0.2, 0.25) is 136 Å². The molecule has 47 heteroatoms. The number of amides is 23. The molecule has 0 bridgehead atoms. The Morgan fingerprint density at radius 2 is 0.481 bits per heavy atom. The van der Waals surface area contributed by atoms with Crippen molar-refractivity contribution in [1.82, 2.24) is 87.9 Å². The van der Waals surface area contributed by atoms with Crippen molar-refractivity contribution in [3.05, 3.63) is 0 Å². The van der Waals surface area contributed by atoms with Crippen LogP contribution in [0.3, 0.4) is 0 Å². The molecule has 23 amide bonds. The molecule has 0 aromatic heterocycles. The molecule has 0 aromatic carbocycles. The van der Waals surface area contributed by atoms with Crippen molar-refractivity contribution in [1.29, 1.82) is 0 Å². The zero-order valence-corrected chi connectivity index (χ0v) is 83.7. The third-order valence-electron chi connectivity index (χ3n) is 23.6. The van der Waals surface area contributed by atoms with Gasteiger partial charge in [0.05, 0.1) is 33.1 Å². The first-order valence-electron chi connectivity index (χ1n) is 47.4. The van der Waals surface area contributed by atoms with E-state index in [-0.39, 0.29) is 258 Å². The standard InChI is InChI=1S/C88H139N17O24P4S2/c1-2-56(106)22-10-4-3-5-16-39-94-80(121)59(99-73(114)31-47-105-79(120)55-65(88(105)129)135-49-33-70(111)93-35-15-7-9-18-41-96-82(123)58(98-72(113)30-46-103-77(118)53-63(133)86(103)127)24-12-20-37-90-67(108)27-43-101-75(116)51-61(131)84(101)125)25-13-21-38-91-68(109)28-44-104-78(119)54-64(87(104)128)134-48-32-69(110)92-34-14-6-8-17-40-95-81(122)57(97-71(112)29-45-102-76(117)52-62(132)85(102)126)23-11-19-36-89-66(107)26-42-100-74(115)50-60(130)83(100)124/h57-65H,2-55,130-133H2,1H3,(H,89,107)(H,90,108)(H,91,109)(H,92,110)(H,93,111)(H,94,121)(H,95,122)(H,96,123)(H,97,112)(H,98,113)(H,99,114)/t57-,58-,59-,60?,61?,62?,63?,64?,65?/m0/s1. The third-order valence-corrected chi connectivity index (χ3v) is 28.2. The number of carbonyl (C=O) groups excluding carboxylic acids is 24. The van der Waals surface area contributed by atoms with E-state index in [9.17, 15) is 115 Å². The van der Waals surface area contributed by atoms with Crippen molar-refractivity contribution >= 4 is 202 Å². The van der Waals surface area contributed by atoms with E-state index in [4.69, 9.17) is 0 Å². The number of nitrogens with zero attached hydrogens (tertiary/aromatic N) is 6. The van der Waals surface area contributed by atoms with E-state index in [1.165, 1.54) is 11.8 Å². The molecule has 13 atom stereocenters. The van der Waals surface area contributed by atoms with Crippen LogP contribution in [0.1, 0.15) is 251 Å². The quantitative estimate of drug-likeness (QED) is 0.0220. The highest BCUT2D eigenvalue weighted by atomic mass is 32.2. The molecule has 752 valence electrons. The zero-order chi connectivity index (χ0) is 98.9. The zero-order valence-electron chi connectivity index (χ0n) is 77.5. The number of Topliss-reactive ketones (excluding diaryl/α,β-unsaturated/α-hetero) is 1. The first kappa shape index (κ1) is 115. The Morgan fingerprint density at radius 3 is 0.733 bits per heavy atom. The van der Waals surface area contributed by atoms with E-state index in [0.717, 1.165) is 66.8 Å². The normalized spacial score (nSPS) is 19.0. The van der Waals surface area contributed by atoms with Gasteiger partial charge in [-0.3, -0.25) is 144 Å². The van der Waals surface area contributed by atoms with Crippen LogP contribution in [0.4, 0.5) is 0 Å². The van der Waals surface area contributed by atoms with Crippen LogP contribution in [0, 0.1) is 0 Å². The van der Waals surface area contributed by atoms with Crippen LogP contribution in [0.5, 0.6) is 0 Å². The Kier molecular flexibility index (Phi) is 53.4. The second-order valence-electron chi connectivity index (χ2n) is 34.4. The molecule has 0 radical (unpaired) electrons. The van der Waals surface area contributed by atoms with Crippen molar-refractivity contribution in [2.45, 2.75) is 302 Å². The summed E-state index contributed by atoms with van der Waals surface area (Å²) in [6.07, 6.45) is 12.4. The third kappa shape index (κ3) is 42.1. The summed E-state index contributed by atoms with van der Waals surface area (Å²) in [4.78, 5) is 313. The largest absolute Gasteiger partial charge is 0.356 e. The summed E-state index contributed by atoms with van der Waals surface area (Å²) in [7, 11) is 9.27. The molecule has 11 N–H and O–H groups in total. The molecule has 0 aromatic rings. The number of thioether (sulfide) groups is 2. The molecule has 6 rings (SSSR count). The smallest absolute Gasteiger partial charge is 0.242 e. The lowest BCUT2D eigenvalue weighted by molar-refractivity contribution is -0.140. The summed E-state index contributed by atoms with van der Waals surface area (Å²) in [6, 6.07) is -2.91. The van der Waals surface area contributed by atoms with Gasteiger partial charge in [0.25, 0.3) is 0 Å². The fourth-order valence-electron chi connectivity index (χ4n) is 15.7. The van der Waals surface area contributed by atoms with Crippen LogP contribution in [0.2, 0.25) is 0 Å². The molecule has 6 heterocycles. The van der Waals surface area contributed by atoms with E-state index in [1.807, 2.05) is 6.92 Å². The lowest BCUT2D eigenvalue weighted by Gasteiger charge is -2.20. The Balaban J connectivity index is 0.816. The number of unbranched alkanes of at least 4 members (excludes halogenated alkanes) is 13. The Morgan fingerprint density at radius 1 is 0.267 bits per heavy atom. The molecule has 0 aliphatic carbocycles. The monoisotopic (exact) mass is 2010 g/mol. The molecule has 10 unspecified atom stereocenters. The minimum absolute atomic E-state index is 0.0236. The number of carbonyl (C=O) groups is 24. The molecular formula is C88H139N17O24P4S2. The molecule has 135 heavy (non-hydrogen) atoms. The van der Waals surface area contributed by atoms with Crippen LogP contribution in [-0.4, -0.2) is 325 Å². The van der Waals surface area contributed by atoms with Crippen molar-refractivity contribution in [3.63, 3.8) is 0 Å². The van der Waals surface area contributed by atoms with Gasteiger partial charge in [-0.15, -0.1) is 60.5 Å². The summed E-state index contributed by atoms with van der Waals surface area (Å²) >= 11 is 2.33. The van der Waals surface area contributed by atoms with E-state index in [0.29, 0.717) is 129 Å². The molecule has 6 saturated heterocycles. The van der Waals surface area contributed by atoms with E-state index < -0.39 is 128 Å². The van der Waals surface area contributed by atoms with Crippen molar-refractivity contribution in [2.75, 3.05) is 103 Å². The topological polar surface area (TPSA) is 561 Å². The number of imide groups is 6. The maximum absolute atomic E-state index is 13.6. The average molecular weight is 2010 g/mol. The summed E-state index contributed by atoms with van der Waals surface area (Å²) in [5.74, 6) is -8.73. The van der Waals surface area contributed by atoms with Crippen molar-refractivity contribution in [3.8, 4) is 0 Å². The van der Waals surface area contributed by atoms with Crippen LogP contribution in [0.15, 0.2) is 0 Å². The maximum Gasteiger partial charge on any atom is 0.242 e. The number of likely N-dealkylation sites (tertiary alicyclic amines) is 6. The highest BCUT2D eigenvalue weighted by molar-refractivity contribution is 8.00. The summed E-state index contributed by atoms with van der Waals surface area (Å²) in [5.41, 5.74) is -2.12. The van der Waals surface area contributed by atoms with Crippen LogP contribution < -0.4 is 58.5 Å². The van der Waals surface area contributed by atoms with Gasteiger partial charge in [0, 0.05) is 206 Å². The van der Waals surface area contributed by atoms with Gasteiger partial charge < -0.3 is 58.5 Å². The number of hydrogen-bond donors (Lipinski definition) is 11. The number of ketones is 1. The number of rotatable bonds is 70. The number of hydrogen-bond acceptors (Lipinski definition) is 26. The predicted molar refractivity (Wildman–Crippen MR) is 513 cm³/mol. The molecule has 0 saturated carbocycles. The minimum Gasteiger partial charge on any atom is -0.356 e. The van der Waals surface area contributed by atoms with Crippen molar-refractivity contribution < 1.29 is 115 Å². The Bertz CT molecular complexity index is 4200. The van der Waals surface area contributed by atoms with Gasteiger partial charge in [0.15, 0.2) is 0 Å². The second-order valence-corrected chi connectivity index (χ2v) is 40.2. The molecule has 41 nitrogen and oxygen atoms in total. The van der Waals surface area contributed by atoms with Crippen LogP contribution in [-0.2, 0) is 115 Å². The van der Waals surface area contributed by atoms with Gasteiger partial charge in [0.1, 0.15) is 23.9 Å². The van der Waals surface area contributed by atoms with Gasteiger partial charge in [-0.1, -0.05) is 51.9 Å². The lowest BCUT2D eigenvalue weighted by atomic mass is 10.1. The van der Waals surface area contributed by atoms with Gasteiger partial charge >= 0.3 is 0 Å². The molecular weight excluding hydrogens is 1870 g/mol. The maximum atomic E-state index is 13.6. The second kappa shape index (κ2) is 62.8. The van der Waals surface area contributed by atoms with E-state index in [2.05, 4.69) is 95.4 Å². The predicted octanol–water partition coefficient (Wildman–Crippen LogP) is 0.174. The fraction of sp³-hybridized carbons (Fsp3) is 0.727. The lowest BCUT2D eigenvalue weighted by Crippen LogP contribution is -2.47. The first-order valence-corrected chi connectivity index (χ1v) is 52.2. The Labute approximate surface area is 806 Å². The van der Waals surface area contributed by atoms with E-state index in [1.54, 1.807) is 0 Å². The first-order chi connectivity index (χ1) is 64.6. The SMILES string of the molecule is CCC(=O)CCCCCCCNC(=O)[C@H](CCCCNC(=O)CCN1C(=O)CC(SCCC(=O)NCCCCCCNC(=O)[C@H](CCCCNC(=O)CCN2C(=O)CC(P)C2=O)NC(=O)CCN2C(=O)CC(P)C2=O)C1=O)NC(=O)CCN1C(=O)CC(SCCC(=O)NCCCCCCNC(=O)[C@H](CCCCNC(=O)CCN2C(=O)CC(P)C2=O)NC(=O)CCN2C(=O)CC(P)C2=O)C1=O. The summed E-state index contributed by atoms with van der Waals surface area (Å²) < 4.78 is 0. The average Bonchev–Trinajstić information content (AvgIpc) is 1.73. The summed E-state index contributed by atoms with van der Waals surface area (Å²) in [6.45, 7) is 3.38. The van der Waals surface area contributed by atoms with Gasteiger partial charge in [-0.2, -0.15) is 0 Å². The highest BCUT2D eigenvalue weighted by Crippen LogP contribution is 2.30. The molecule has 6 fully saturated rings. The van der Waals surface area contributed by atoms with Crippen LogP contribution >= 0.6 is 60.5 Å². The molecule has 6 aliphatic heterocycles. The molecule has 0 spiro atoms. The Hall–Kier alpha value is -8.90. The molecule has 6 aliphatic rings. The summed E-state index contributed by atoms with van der Waals surface area (Å²) in [5, 5.41) is 29.3. The van der Waals surface area contributed by atoms with Gasteiger partial charge in [-0.25, -0.2) is 0 Å². The van der Waals surface area contributed by atoms with Gasteiger partial charge in [-0.05, 0) is 96.3 Å². The van der Waals surface area contributed by atoms with Crippen molar-refractivity contribution in [2.24, 2.45) is 0 Å². The highest BCUT2D eigenvalue weighted by Gasteiger charge is 2.43. The minimum atomic E-state index is -1.01. The number of nitrogens with one attached hydrogen (secondary N) is 11. The van der Waals surface area contributed by atoms with Crippen LogP contribution in [0.25, 0.3) is 0 Å². The fourth-order valence-corrected chi connectivity index (χ4v) is 19.4.